The summed E-state index contributed by atoms with van der Waals surface area (Å²) in [6.07, 6.45) is 16.7. The molecule has 10 aromatic carbocycles. The first-order chi connectivity index (χ1) is 36.1. The molecular formula is C71H64N2. The second kappa shape index (κ2) is 19.7. The molecule has 2 nitrogen and oxygen atoms in total. The summed E-state index contributed by atoms with van der Waals surface area (Å²) in [6, 6.07) is 83.0. The average molecular weight is 945 g/mol. The lowest BCUT2D eigenvalue weighted by atomic mass is 9.70. The highest BCUT2D eigenvalue weighted by molar-refractivity contribution is 5.93. The van der Waals surface area contributed by atoms with Gasteiger partial charge in [0.25, 0.3) is 0 Å². The number of aryl methyl sites for hydroxylation is 6. The molecule has 0 N–H and O–H groups in total. The fourth-order valence-electron chi connectivity index (χ4n) is 12.8. The highest BCUT2D eigenvalue weighted by Crippen LogP contribution is 2.57. The van der Waals surface area contributed by atoms with Crippen LogP contribution in [0.1, 0.15) is 95.9 Å². The first-order valence-corrected chi connectivity index (χ1v) is 27.3. The zero-order chi connectivity index (χ0) is 48.6. The van der Waals surface area contributed by atoms with E-state index in [1.54, 1.807) is 22.3 Å². The zero-order valence-electron chi connectivity index (χ0n) is 42.1. The van der Waals surface area contributed by atoms with Crippen molar-refractivity contribution < 1.29 is 0 Å². The van der Waals surface area contributed by atoms with Crippen LogP contribution in [0, 0.1) is 0 Å². The van der Waals surface area contributed by atoms with Gasteiger partial charge in [-0.15, -0.1) is 0 Å². The third-order valence-corrected chi connectivity index (χ3v) is 16.9. The van der Waals surface area contributed by atoms with Gasteiger partial charge in [0.15, 0.2) is 0 Å². The minimum absolute atomic E-state index is 0.181. The molecule has 358 valence electrons. The maximum Gasteiger partial charge on any atom is 0.0468 e. The summed E-state index contributed by atoms with van der Waals surface area (Å²) in [5, 5.41) is 5.01. The Morgan fingerprint density at radius 1 is 0.288 bits per heavy atom. The smallest absolute Gasteiger partial charge is 0.0468 e. The summed E-state index contributed by atoms with van der Waals surface area (Å²) in [5.41, 5.74) is 21.9. The molecule has 3 aliphatic carbocycles. The SMILES string of the molecule is c1ccc(N(c2ccc3c(c2)C(CCCCCc2ccc4c(c2)CC4)(CCCCCc2ccc4c(c2)CC4)c2cc(N(c4ccccc4)c4ccc5ccccc5c4)ccc2-3)c2ccc3ccccc3c2)cc1. The average Bonchev–Trinajstić information content (AvgIpc) is 3.68. The third-order valence-electron chi connectivity index (χ3n) is 16.9. The molecule has 0 aliphatic heterocycles. The zero-order valence-corrected chi connectivity index (χ0v) is 42.1. The number of para-hydroxylation sites is 2. The molecule has 0 spiro atoms. The van der Waals surface area contributed by atoms with Crippen molar-refractivity contribution in [3.05, 3.63) is 263 Å². The lowest BCUT2D eigenvalue weighted by molar-refractivity contribution is 0.402. The van der Waals surface area contributed by atoms with Crippen LogP contribution in [0.15, 0.2) is 218 Å². The summed E-state index contributed by atoms with van der Waals surface area (Å²) in [5.74, 6) is 0. The quantitative estimate of drug-likeness (QED) is 0.0791. The van der Waals surface area contributed by atoms with E-state index in [0.717, 1.165) is 25.7 Å². The van der Waals surface area contributed by atoms with Gasteiger partial charge in [0.1, 0.15) is 0 Å². The normalized spacial score (nSPS) is 13.6. The maximum atomic E-state index is 2.61. The summed E-state index contributed by atoms with van der Waals surface area (Å²) >= 11 is 0. The van der Waals surface area contributed by atoms with Gasteiger partial charge in [-0.05, 0) is 214 Å². The second-order valence-electron chi connectivity index (χ2n) is 21.3. The van der Waals surface area contributed by atoms with E-state index in [9.17, 15) is 0 Å². The Balaban J connectivity index is 0.924. The molecule has 0 saturated heterocycles. The Morgan fingerprint density at radius 3 is 1.11 bits per heavy atom. The number of fused-ring (bicyclic) bond motifs is 7. The molecule has 0 amide bonds. The number of hydrogen-bond acceptors (Lipinski definition) is 2. The molecule has 0 fully saturated rings. The Hall–Kier alpha value is -7.68. The van der Waals surface area contributed by atoms with Gasteiger partial charge in [0.05, 0.1) is 0 Å². The van der Waals surface area contributed by atoms with Crippen LogP contribution in [0.3, 0.4) is 0 Å². The summed E-state index contributed by atoms with van der Waals surface area (Å²) in [4.78, 5) is 4.98. The van der Waals surface area contributed by atoms with Crippen molar-refractivity contribution >= 4 is 55.7 Å². The molecule has 10 aromatic rings. The van der Waals surface area contributed by atoms with Crippen molar-refractivity contribution in [2.24, 2.45) is 0 Å². The van der Waals surface area contributed by atoms with Crippen LogP contribution in [-0.2, 0) is 43.9 Å². The molecule has 0 heterocycles. The van der Waals surface area contributed by atoms with Crippen LogP contribution in [0.25, 0.3) is 32.7 Å². The lowest BCUT2D eigenvalue weighted by Crippen LogP contribution is -2.26. The van der Waals surface area contributed by atoms with Gasteiger partial charge in [-0.1, -0.05) is 171 Å². The monoisotopic (exact) mass is 945 g/mol. The number of unbranched alkanes of at least 4 members (excludes halogenated alkanes) is 4. The van der Waals surface area contributed by atoms with Gasteiger partial charge in [-0.25, -0.2) is 0 Å². The summed E-state index contributed by atoms with van der Waals surface area (Å²) < 4.78 is 0. The van der Waals surface area contributed by atoms with Gasteiger partial charge < -0.3 is 9.80 Å². The van der Waals surface area contributed by atoms with Crippen LogP contribution in [0.4, 0.5) is 34.1 Å². The van der Waals surface area contributed by atoms with Crippen molar-refractivity contribution in [2.45, 2.75) is 95.3 Å². The van der Waals surface area contributed by atoms with E-state index in [1.807, 2.05) is 0 Å². The fraction of sp³-hybridized carbons (Fsp3) is 0.211. The first kappa shape index (κ1) is 45.2. The first-order valence-electron chi connectivity index (χ1n) is 27.3. The number of anilines is 6. The summed E-state index contributed by atoms with van der Waals surface area (Å²) in [7, 11) is 0. The predicted molar refractivity (Wildman–Crippen MR) is 309 cm³/mol. The highest BCUT2D eigenvalue weighted by Gasteiger charge is 2.43. The standard InChI is InChI=1S/C71H64N2/c1-7-23-61(24-8-1)72(63-37-35-53-19-11-13-21-57(53)47-63)65-39-41-67-68-42-40-66(73(62-25-9-2-10-26-62)64-38-36-54-20-12-14-22-58(54)48-64)50-70(68)71(69(67)49-65,43-15-3-5-17-51-27-29-55-31-33-59(55)45-51)44-16-4-6-18-52-28-30-56-32-34-60(56)46-52/h1-2,7-14,19-30,35-42,45-50H,3-6,15-18,31-34,43-44H2. The summed E-state index contributed by atoms with van der Waals surface area (Å²) in [6.45, 7) is 0. The molecule has 0 saturated carbocycles. The van der Waals surface area contributed by atoms with Crippen molar-refractivity contribution in [3.8, 4) is 11.1 Å². The van der Waals surface area contributed by atoms with E-state index >= 15 is 0 Å². The van der Waals surface area contributed by atoms with Crippen LogP contribution < -0.4 is 9.80 Å². The fourth-order valence-corrected chi connectivity index (χ4v) is 12.8. The molecule has 0 atom stereocenters. The van der Waals surface area contributed by atoms with Crippen LogP contribution in [0.2, 0.25) is 0 Å². The van der Waals surface area contributed by atoms with Crippen LogP contribution in [0.5, 0.6) is 0 Å². The number of nitrogens with zero attached hydrogens (tertiary/aromatic N) is 2. The van der Waals surface area contributed by atoms with E-state index in [1.165, 1.54) is 153 Å². The minimum Gasteiger partial charge on any atom is -0.310 e. The maximum absolute atomic E-state index is 2.61. The molecule has 3 aliphatic rings. The van der Waals surface area contributed by atoms with Crippen molar-refractivity contribution in [1.29, 1.82) is 0 Å². The molecule has 0 aromatic heterocycles. The van der Waals surface area contributed by atoms with Gasteiger partial charge in [-0.3, -0.25) is 0 Å². The molecule has 0 unspecified atom stereocenters. The highest BCUT2D eigenvalue weighted by atomic mass is 15.1. The van der Waals surface area contributed by atoms with Crippen molar-refractivity contribution in [3.63, 3.8) is 0 Å². The predicted octanol–water partition coefficient (Wildman–Crippen LogP) is 19.0. The van der Waals surface area contributed by atoms with E-state index < -0.39 is 0 Å². The molecule has 2 heteroatoms. The van der Waals surface area contributed by atoms with E-state index in [4.69, 9.17) is 0 Å². The molecular weight excluding hydrogens is 881 g/mol. The Kier molecular flexibility index (Phi) is 12.2. The van der Waals surface area contributed by atoms with Crippen LogP contribution in [-0.4, -0.2) is 0 Å². The Labute approximate surface area is 432 Å². The lowest BCUT2D eigenvalue weighted by Gasteiger charge is -2.35. The van der Waals surface area contributed by atoms with E-state index in [0.29, 0.717) is 0 Å². The van der Waals surface area contributed by atoms with Gasteiger partial charge in [-0.2, -0.15) is 0 Å². The van der Waals surface area contributed by atoms with Gasteiger partial charge in [0, 0.05) is 39.5 Å². The largest absolute Gasteiger partial charge is 0.310 e. The van der Waals surface area contributed by atoms with Gasteiger partial charge in [0.2, 0.25) is 0 Å². The molecule has 0 bridgehead atoms. The van der Waals surface area contributed by atoms with E-state index in [2.05, 4.69) is 228 Å². The topological polar surface area (TPSA) is 6.48 Å². The number of rotatable bonds is 18. The molecule has 73 heavy (non-hydrogen) atoms. The van der Waals surface area contributed by atoms with Crippen molar-refractivity contribution in [1.82, 2.24) is 0 Å². The molecule has 13 rings (SSSR count). The third kappa shape index (κ3) is 8.82. The second-order valence-corrected chi connectivity index (χ2v) is 21.3. The van der Waals surface area contributed by atoms with Gasteiger partial charge >= 0.3 is 0 Å². The Morgan fingerprint density at radius 2 is 0.685 bits per heavy atom. The minimum atomic E-state index is -0.181. The van der Waals surface area contributed by atoms with Crippen molar-refractivity contribution in [2.75, 3.05) is 9.80 Å². The van der Waals surface area contributed by atoms with E-state index in [-0.39, 0.29) is 5.41 Å². The number of hydrogen-bond donors (Lipinski definition) is 0. The Bertz CT molecular complexity index is 3370. The molecule has 0 radical (unpaired) electrons. The number of benzene rings is 10. The van der Waals surface area contributed by atoms with Crippen LogP contribution >= 0.6 is 0 Å².